The Bertz CT molecular complexity index is 352. The van der Waals surface area contributed by atoms with Crippen LogP contribution in [-0.4, -0.2) is 12.3 Å². The summed E-state index contributed by atoms with van der Waals surface area (Å²) in [5.41, 5.74) is 2.14. The molecular weight excluding hydrogens is 198 g/mol. The SMILES string of the molecule is CCC(C)(C)CNc1ccc(C(C)=O)cc1. The van der Waals surface area contributed by atoms with Gasteiger partial charge in [0.1, 0.15) is 0 Å². The monoisotopic (exact) mass is 219 g/mol. The maximum atomic E-state index is 11.1. The molecule has 0 fully saturated rings. The van der Waals surface area contributed by atoms with Crippen molar-refractivity contribution >= 4 is 11.5 Å². The summed E-state index contributed by atoms with van der Waals surface area (Å²) in [6.07, 6.45) is 1.14. The van der Waals surface area contributed by atoms with Crippen LogP contribution in [-0.2, 0) is 0 Å². The summed E-state index contributed by atoms with van der Waals surface area (Å²) >= 11 is 0. The van der Waals surface area contributed by atoms with Gasteiger partial charge in [0.15, 0.2) is 5.78 Å². The Morgan fingerprint density at radius 3 is 2.25 bits per heavy atom. The van der Waals surface area contributed by atoms with Crippen LogP contribution < -0.4 is 5.32 Å². The highest BCUT2D eigenvalue weighted by Crippen LogP contribution is 2.20. The van der Waals surface area contributed by atoms with E-state index in [2.05, 4.69) is 26.1 Å². The molecule has 0 amide bonds. The van der Waals surface area contributed by atoms with Gasteiger partial charge in [-0.25, -0.2) is 0 Å². The van der Waals surface area contributed by atoms with Crippen molar-refractivity contribution < 1.29 is 4.79 Å². The number of nitrogens with one attached hydrogen (secondary N) is 1. The van der Waals surface area contributed by atoms with Crippen molar-refractivity contribution in [3.05, 3.63) is 29.8 Å². The fourth-order valence-corrected chi connectivity index (χ4v) is 1.29. The molecule has 2 nitrogen and oxygen atoms in total. The van der Waals surface area contributed by atoms with Gasteiger partial charge in [0.25, 0.3) is 0 Å². The van der Waals surface area contributed by atoms with Gasteiger partial charge in [-0.05, 0) is 43.0 Å². The van der Waals surface area contributed by atoms with Gasteiger partial charge in [-0.15, -0.1) is 0 Å². The highest BCUT2D eigenvalue weighted by atomic mass is 16.1. The van der Waals surface area contributed by atoms with E-state index in [1.165, 1.54) is 0 Å². The lowest BCUT2D eigenvalue weighted by atomic mass is 9.90. The number of hydrogen-bond acceptors (Lipinski definition) is 2. The summed E-state index contributed by atoms with van der Waals surface area (Å²) in [4.78, 5) is 11.1. The second-order valence-electron chi connectivity index (χ2n) is 5.00. The molecule has 1 rings (SSSR count). The zero-order valence-electron chi connectivity index (χ0n) is 10.6. The third-order valence-electron chi connectivity index (χ3n) is 3.02. The van der Waals surface area contributed by atoms with Crippen LogP contribution in [0.25, 0.3) is 0 Å². The van der Waals surface area contributed by atoms with E-state index < -0.39 is 0 Å². The highest BCUT2D eigenvalue weighted by Gasteiger charge is 2.14. The molecule has 88 valence electrons. The Morgan fingerprint density at radius 2 is 1.81 bits per heavy atom. The van der Waals surface area contributed by atoms with Gasteiger partial charge in [0.05, 0.1) is 0 Å². The van der Waals surface area contributed by atoms with Gasteiger partial charge < -0.3 is 5.32 Å². The average Bonchev–Trinajstić information content (AvgIpc) is 2.27. The largest absolute Gasteiger partial charge is 0.385 e. The van der Waals surface area contributed by atoms with Crippen molar-refractivity contribution in [2.75, 3.05) is 11.9 Å². The lowest BCUT2D eigenvalue weighted by Gasteiger charge is -2.23. The van der Waals surface area contributed by atoms with Gasteiger partial charge in [0, 0.05) is 17.8 Å². The van der Waals surface area contributed by atoms with Crippen LogP contribution in [0.2, 0.25) is 0 Å². The quantitative estimate of drug-likeness (QED) is 0.764. The van der Waals surface area contributed by atoms with Gasteiger partial charge in [0.2, 0.25) is 0 Å². The first-order valence-electron chi connectivity index (χ1n) is 5.79. The normalized spacial score (nSPS) is 11.2. The predicted octanol–water partition coefficient (Wildman–Crippen LogP) is 3.74. The van der Waals surface area contributed by atoms with Crippen LogP contribution in [0.1, 0.15) is 44.5 Å². The molecule has 1 aromatic carbocycles. The van der Waals surface area contributed by atoms with Crippen molar-refractivity contribution in [2.45, 2.75) is 34.1 Å². The maximum Gasteiger partial charge on any atom is 0.159 e. The molecule has 0 atom stereocenters. The number of ketones is 1. The molecule has 16 heavy (non-hydrogen) atoms. The van der Waals surface area contributed by atoms with E-state index >= 15 is 0 Å². The third kappa shape index (κ3) is 3.69. The van der Waals surface area contributed by atoms with Gasteiger partial charge in [-0.1, -0.05) is 20.8 Å². The predicted molar refractivity (Wildman–Crippen MR) is 69.0 cm³/mol. The van der Waals surface area contributed by atoms with Crippen molar-refractivity contribution in [2.24, 2.45) is 5.41 Å². The average molecular weight is 219 g/mol. The molecule has 0 bridgehead atoms. The molecule has 1 aromatic rings. The summed E-state index contributed by atoms with van der Waals surface area (Å²) in [5.74, 6) is 0.112. The van der Waals surface area contributed by atoms with Gasteiger partial charge in [-0.2, -0.15) is 0 Å². The fourth-order valence-electron chi connectivity index (χ4n) is 1.29. The summed E-state index contributed by atoms with van der Waals surface area (Å²) in [5, 5.41) is 3.39. The smallest absolute Gasteiger partial charge is 0.159 e. The van der Waals surface area contributed by atoms with Crippen LogP contribution in [0.4, 0.5) is 5.69 Å². The van der Waals surface area contributed by atoms with E-state index in [0.29, 0.717) is 5.41 Å². The summed E-state index contributed by atoms with van der Waals surface area (Å²) in [6.45, 7) is 9.21. The first-order chi connectivity index (χ1) is 7.44. The number of Topliss-reactive ketones (excluding diaryl/α,β-unsaturated/α-hetero) is 1. The first-order valence-corrected chi connectivity index (χ1v) is 5.79. The second kappa shape index (κ2) is 5.15. The Labute approximate surface area is 98.1 Å². The summed E-state index contributed by atoms with van der Waals surface area (Å²) in [6, 6.07) is 7.65. The Balaban J connectivity index is 2.59. The van der Waals surface area contributed by atoms with Gasteiger partial charge >= 0.3 is 0 Å². The minimum Gasteiger partial charge on any atom is -0.385 e. The standard InChI is InChI=1S/C14H21NO/c1-5-14(3,4)10-15-13-8-6-12(7-9-13)11(2)16/h6-9,15H,5,10H2,1-4H3. The molecule has 0 aliphatic rings. The fraction of sp³-hybridized carbons (Fsp3) is 0.500. The van der Waals surface area contributed by atoms with E-state index in [0.717, 1.165) is 24.2 Å². The van der Waals surface area contributed by atoms with E-state index in [-0.39, 0.29) is 5.78 Å². The first kappa shape index (κ1) is 12.8. The van der Waals surface area contributed by atoms with Crippen molar-refractivity contribution in [1.82, 2.24) is 0 Å². The highest BCUT2D eigenvalue weighted by molar-refractivity contribution is 5.94. The minimum atomic E-state index is 0.112. The third-order valence-corrected chi connectivity index (χ3v) is 3.02. The summed E-state index contributed by atoms with van der Waals surface area (Å²) in [7, 11) is 0. The lowest BCUT2D eigenvalue weighted by Crippen LogP contribution is -2.21. The molecule has 0 aliphatic heterocycles. The molecule has 0 spiro atoms. The van der Waals surface area contributed by atoms with Crippen molar-refractivity contribution in [3.63, 3.8) is 0 Å². The van der Waals surface area contributed by atoms with E-state index in [4.69, 9.17) is 0 Å². The number of rotatable bonds is 5. The molecule has 1 N–H and O–H groups in total. The molecule has 0 radical (unpaired) electrons. The molecule has 0 saturated heterocycles. The Hall–Kier alpha value is -1.31. The number of anilines is 1. The molecular formula is C14H21NO. The maximum absolute atomic E-state index is 11.1. The number of carbonyl (C=O) groups excluding carboxylic acids is 1. The van der Waals surface area contributed by atoms with E-state index in [1.807, 2.05) is 24.3 Å². The molecule has 0 saturated carbocycles. The lowest BCUT2D eigenvalue weighted by molar-refractivity contribution is 0.101. The molecule has 2 heteroatoms. The van der Waals surface area contributed by atoms with Crippen molar-refractivity contribution in [3.8, 4) is 0 Å². The minimum absolute atomic E-state index is 0.112. The van der Waals surface area contributed by atoms with E-state index in [9.17, 15) is 4.79 Å². The van der Waals surface area contributed by atoms with Gasteiger partial charge in [-0.3, -0.25) is 4.79 Å². The van der Waals surface area contributed by atoms with Crippen LogP contribution in [0.15, 0.2) is 24.3 Å². The molecule has 0 heterocycles. The zero-order valence-corrected chi connectivity index (χ0v) is 10.6. The molecule has 0 aromatic heterocycles. The number of hydrogen-bond donors (Lipinski definition) is 1. The molecule has 0 aliphatic carbocycles. The number of benzene rings is 1. The van der Waals surface area contributed by atoms with Crippen LogP contribution in [0, 0.1) is 5.41 Å². The Morgan fingerprint density at radius 1 is 1.25 bits per heavy atom. The number of carbonyl (C=O) groups is 1. The topological polar surface area (TPSA) is 29.1 Å². The van der Waals surface area contributed by atoms with Crippen LogP contribution in [0.3, 0.4) is 0 Å². The Kier molecular flexibility index (Phi) is 4.11. The van der Waals surface area contributed by atoms with Crippen molar-refractivity contribution in [1.29, 1.82) is 0 Å². The summed E-state index contributed by atoms with van der Waals surface area (Å²) < 4.78 is 0. The molecule has 0 unspecified atom stereocenters. The van der Waals surface area contributed by atoms with Crippen LogP contribution >= 0.6 is 0 Å². The van der Waals surface area contributed by atoms with Crippen LogP contribution in [0.5, 0.6) is 0 Å². The zero-order chi connectivity index (χ0) is 12.2. The second-order valence-corrected chi connectivity index (χ2v) is 5.00. The van der Waals surface area contributed by atoms with E-state index in [1.54, 1.807) is 6.92 Å².